The largest absolute Gasteiger partial charge is 0.378 e. The van der Waals surface area contributed by atoms with E-state index in [0.717, 1.165) is 24.8 Å². The smallest absolute Gasteiger partial charge is 0.0737 e. The lowest BCUT2D eigenvalue weighted by molar-refractivity contribution is 1.03. The number of nitrogens with zero attached hydrogens (tertiary/aromatic N) is 1. The molecule has 0 amide bonds. The zero-order valence-electron chi connectivity index (χ0n) is 9.67. The van der Waals surface area contributed by atoms with Gasteiger partial charge in [0.1, 0.15) is 0 Å². The van der Waals surface area contributed by atoms with Crippen LogP contribution < -0.4 is 5.32 Å². The van der Waals surface area contributed by atoms with Gasteiger partial charge >= 0.3 is 0 Å². The quantitative estimate of drug-likeness (QED) is 0.710. The second-order valence-corrected chi connectivity index (χ2v) is 6.44. The maximum absolute atomic E-state index is 4.37. The minimum atomic E-state index is 0.677. The van der Waals surface area contributed by atoms with Gasteiger partial charge in [0.05, 0.1) is 12.2 Å². The van der Waals surface area contributed by atoms with E-state index in [-0.39, 0.29) is 0 Å². The van der Waals surface area contributed by atoms with Gasteiger partial charge in [0.25, 0.3) is 0 Å². The maximum Gasteiger partial charge on any atom is 0.0737 e. The third-order valence-corrected chi connectivity index (χ3v) is 4.69. The highest BCUT2D eigenvalue weighted by molar-refractivity contribution is 9.11. The molecule has 0 unspecified atom stereocenters. The molecule has 0 saturated heterocycles. The molecular weight excluding hydrogens is 424 g/mol. The average Bonchev–Trinajstić information content (AvgIpc) is 2.33. The van der Waals surface area contributed by atoms with Crippen molar-refractivity contribution < 1.29 is 0 Å². The number of hydrogen-bond donors (Lipinski definition) is 1. The highest BCUT2D eigenvalue weighted by atomic mass is 79.9. The zero-order valence-corrected chi connectivity index (χ0v) is 14.4. The Bertz CT molecular complexity index is 570. The van der Waals surface area contributed by atoms with E-state index >= 15 is 0 Å². The number of nitrogens with one attached hydrogen (secondary N) is 1. The molecule has 5 heteroatoms. The molecule has 0 spiro atoms. The summed E-state index contributed by atoms with van der Waals surface area (Å²) in [5.41, 5.74) is 3.26. The van der Waals surface area contributed by atoms with Crippen LogP contribution in [-0.4, -0.2) is 4.98 Å². The lowest BCUT2D eigenvalue weighted by atomic mass is 10.2. The highest BCUT2D eigenvalue weighted by Crippen LogP contribution is 2.27. The summed E-state index contributed by atoms with van der Waals surface area (Å²) in [5, 5.41) is 3.38. The lowest BCUT2D eigenvalue weighted by Crippen LogP contribution is -2.03. The Balaban J connectivity index is 2.14. The Morgan fingerprint density at radius 1 is 1.22 bits per heavy atom. The minimum Gasteiger partial charge on any atom is -0.378 e. The van der Waals surface area contributed by atoms with E-state index in [0.29, 0.717) is 6.54 Å². The number of halogens is 3. The molecule has 1 N–H and O–H groups in total. The van der Waals surface area contributed by atoms with Crippen LogP contribution >= 0.6 is 47.8 Å². The number of benzene rings is 1. The predicted molar refractivity (Wildman–Crippen MR) is 85.8 cm³/mol. The molecule has 1 heterocycles. The van der Waals surface area contributed by atoms with Gasteiger partial charge in [-0.05, 0) is 72.4 Å². The number of rotatable bonds is 3. The van der Waals surface area contributed by atoms with Crippen LogP contribution in [0.4, 0.5) is 5.69 Å². The SMILES string of the molecule is Cc1cccc(NCc2ncc(Br)cc2Br)c1Br. The molecule has 0 aliphatic carbocycles. The summed E-state index contributed by atoms with van der Waals surface area (Å²) >= 11 is 10.5. The number of aryl methyl sites for hydroxylation is 1. The van der Waals surface area contributed by atoms with Crippen LogP contribution in [0.3, 0.4) is 0 Å². The predicted octanol–water partition coefficient (Wildman–Crippen LogP) is 5.29. The van der Waals surface area contributed by atoms with E-state index < -0.39 is 0 Å². The van der Waals surface area contributed by atoms with Crippen molar-refractivity contribution in [3.8, 4) is 0 Å². The standard InChI is InChI=1S/C13H11Br3N2/c1-8-3-2-4-11(13(8)16)18-7-12-10(15)5-9(14)6-17-12/h2-6,18H,7H2,1H3. The van der Waals surface area contributed by atoms with Gasteiger partial charge in [0, 0.05) is 25.3 Å². The monoisotopic (exact) mass is 432 g/mol. The van der Waals surface area contributed by atoms with Gasteiger partial charge in [-0.1, -0.05) is 12.1 Å². The molecule has 18 heavy (non-hydrogen) atoms. The highest BCUT2D eigenvalue weighted by Gasteiger charge is 2.05. The molecule has 0 atom stereocenters. The van der Waals surface area contributed by atoms with Gasteiger partial charge in [0.2, 0.25) is 0 Å². The fourth-order valence-corrected chi connectivity index (χ4v) is 3.07. The minimum absolute atomic E-state index is 0.677. The van der Waals surface area contributed by atoms with Gasteiger partial charge in [-0.2, -0.15) is 0 Å². The first-order valence-electron chi connectivity index (χ1n) is 5.37. The number of aromatic nitrogens is 1. The van der Waals surface area contributed by atoms with E-state index in [1.54, 1.807) is 6.20 Å². The van der Waals surface area contributed by atoms with E-state index in [4.69, 9.17) is 0 Å². The lowest BCUT2D eigenvalue weighted by Gasteiger charge is -2.11. The molecule has 0 aliphatic heterocycles. The summed E-state index contributed by atoms with van der Waals surface area (Å²) in [7, 11) is 0. The van der Waals surface area contributed by atoms with Crippen molar-refractivity contribution in [2.75, 3.05) is 5.32 Å². The first-order chi connectivity index (χ1) is 8.58. The van der Waals surface area contributed by atoms with Gasteiger partial charge in [-0.25, -0.2) is 0 Å². The molecule has 0 saturated carbocycles. The number of hydrogen-bond acceptors (Lipinski definition) is 2. The second-order valence-electron chi connectivity index (χ2n) is 3.87. The van der Waals surface area contributed by atoms with Crippen LogP contribution in [0.25, 0.3) is 0 Å². The van der Waals surface area contributed by atoms with Gasteiger partial charge in [-0.3, -0.25) is 4.98 Å². The molecule has 1 aromatic carbocycles. The first-order valence-corrected chi connectivity index (χ1v) is 7.74. The Morgan fingerprint density at radius 2 is 2.00 bits per heavy atom. The normalized spacial score (nSPS) is 10.4. The molecule has 1 aromatic heterocycles. The van der Waals surface area contributed by atoms with Gasteiger partial charge in [-0.15, -0.1) is 0 Å². The second kappa shape index (κ2) is 6.17. The van der Waals surface area contributed by atoms with Crippen molar-refractivity contribution in [3.05, 3.63) is 55.1 Å². The van der Waals surface area contributed by atoms with Crippen molar-refractivity contribution in [1.29, 1.82) is 0 Å². The number of anilines is 1. The van der Waals surface area contributed by atoms with Crippen LogP contribution in [-0.2, 0) is 6.54 Å². The van der Waals surface area contributed by atoms with Crippen LogP contribution in [0.1, 0.15) is 11.3 Å². The van der Waals surface area contributed by atoms with Crippen molar-refractivity contribution in [2.45, 2.75) is 13.5 Å². The molecule has 2 rings (SSSR count). The third-order valence-electron chi connectivity index (χ3n) is 2.52. The van der Waals surface area contributed by atoms with E-state index in [9.17, 15) is 0 Å². The van der Waals surface area contributed by atoms with Crippen LogP contribution in [0, 0.1) is 6.92 Å². The molecule has 0 fully saturated rings. The fraction of sp³-hybridized carbons (Fsp3) is 0.154. The fourth-order valence-electron chi connectivity index (χ4n) is 1.54. The molecule has 0 aliphatic rings. The van der Waals surface area contributed by atoms with Crippen LogP contribution in [0.5, 0.6) is 0 Å². The van der Waals surface area contributed by atoms with Crippen molar-refractivity contribution in [1.82, 2.24) is 4.98 Å². The Labute approximate surface area is 132 Å². The molecular formula is C13H11Br3N2. The summed E-state index contributed by atoms with van der Waals surface area (Å²) in [6.45, 7) is 2.75. The van der Waals surface area contributed by atoms with E-state index in [2.05, 4.69) is 71.1 Å². The van der Waals surface area contributed by atoms with Crippen LogP contribution in [0.15, 0.2) is 43.9 Å². The van der Waals surface area contributed by atoms with Crippen molar-refractivity contribution in [2.24, 2.45) is 0 Å². The summed E-state index contributed by atoms with van der Waals surface area (Å²) < 4.78 is 3.06. The molecule has 0 bridgehead atoms. The maximum atomic E-state index is 4.37. The van der Waals surface area contributed by atoms with E-state index in [1.807, 2.05) is 18.2 Å². The summed E-state index contributed by atoms with van der Waals surface area (Å²) in [6, 6.07) is 8.15. The number of pyridine rings is 1. The van der Waals surface area contributed by atoms with Gasteiger partial charge in [0.15, 0.2) is 0 Å². The molecule has 2 nitrogen and oxygen atoms in total. The molecule has 2 aromatic rings. The average molecular weight is 435 g/mol. The summed E-state index contributed by atoms with van der Waals surface area (Å²) in [5.74, 6) is 0. The van der Waals surface area contributed by atoms with Gasteiger partial charge < -0.3 is 5.32 Å². The summed E-state index contributed by atoms with van der Waals surface area (Å²) in [4.78, 5) is 4.37. The molecule has 0 radical (unpaired) electrons. The Kier molecular flexibility index (Phi) is 4.81. The zero-order chi connectivity index (χ0) is 13.1. The van der Waals surface area contributed by atoms with E-state index in [1.165, 1.54) is 5.56 Å². The Hall–Kier alpha value is -0.390. The van der Waals surface area contributed by atoms with Crippen LogP contribution in [0.2, 0.25) is 0 Å². The topological polar surface area (TPSA) is 24.9 Å². The van der Waals surface area contributed by atoms with Crippen molar-refractivity contribution in [3.63, 3.8) is 0 Å². The first kappa shape index (κ1) is 14.0. The molecule has 94 valence electrons. The summed E-state index contributed by atoms with van der Waals surface area (Å²) in [6.07, 6.45) is 1.80. The third kappa shape index (κ3) is 3.33. The Morgan fingerprint density at radius 3 is 2.72 bits per heavy atom. The van der Waals surface area contributed by atoms with Crippen molar-refractivity contribution >= 4 is 53.5 Å².